The van der Waals surface area contributed by atoms with Crippen molar-refractivity contribution in [2.24, 2.45) is 17.1 Å². The number of carbonyl (C=O) groups excluding carboxylic acids is 5. The summed E-state index contributed by atoms with van der Waals surface area (Å²) in [5, 5.41) is 8.98. The predicted octanol–water partition coefficient (Wildman–Crippen LogP) is 1.70. The van der Waals surface area contributed by atoms with Gasteiger partial charge in [-0.2, -0.15) is 0 Å². The van der Waals surface area contributed by atoms with Crippen molar-refractivity contribution >= 4 is 29.4 Å². The fourth-order valence-corrected chi connectivity index (χ4v) is 5.04. The molecule has 1 aromatic carbocycles. The normalized spacial score (nSPS) is 17.0. The molecular formula is C30H47N5O5. The summed E-state index contributed by atoms with van der Waals surface area (Å²) < 4.78 is 0. The molecule has 0 bridgehead atoms. The fourth-order valence-electron chi connectivity index (χ4n) is 5.04. The monoisotopic (exact) mass is 557 g/mol. The number of nitrogens with two attached hydrogens (primary N) is 1. The van der Waals surface area contributed by atoms with Gasteiger partial charge >= 0.3 is 0 Å². The number of nitrogens with zero attached hydrogens (tertiary/aromatic N) is 1. The maximum absolute atomic E-state index is 13.5. The molecule has 40 heavy (non-hydrogen) atoms. The Labute approximate surface area is 238 Å². The van der Waals surface area contributed by atoms with Crippen LogP contribution in [0, 0.1) is 11.3 Å². The largest absolute Gasteiger partial charge is 0.370 e. The molecule has 1 aliphatic heterocycles. The van der Waals surface area contributed by atoms with Gasteiger partial charge in [-0.3, -0.25) is 24.0 Å². The van der Waals surface area contributed by atoms with Crippen LogP contribution in [0.3, 0.4) is 0 Å². The number of hydrogen-bond acceptors (Lipinski definition) is 6. The maximum atomic E-state index is 13.5. The van der Waals surface area contributed by atoms with Crippen LogP contribution in [0.2, 0.25) is 0 Å². The van der Waals surface area contributed by atoms with Gasteiger partial charge in [0.1, 0.15) is 0 Å². The third-order valence-electron chi connectivity index (χ3n) is 7.46. The Morgan fingerprint density at radius 3 is 2.27 bits per heavy atom. The van der Waals surface area contributed by atoms with E-state index < -0.39 is 35.4 Å². The second kappa shape index (κ2) is 14.9. The summed E-state index contributed by atoms with van der Waals surface area (Å²) in [5.74, 6) is -1.76. The second-order valence-electron chi connectivity index (χ2n) is 11.8. The van der Waals surface area contributed by atoms with Gasteiger partial charge < -0.3 is 26.6 Å². The van der Waals surface area contributed by atoms with Crippen molar-refractivity contribution in [3.05, 3.63) is 35.9 Å². The zero-order chi connectivity index (χ0) is 30.0. The van der Waals surface area contributed by atoms with Crippen molar-refractivity contribution in [2.45, 2.75) is 97.8 Å². The molecule has 1 aliphatic rings. The van der Waals surface area contributed by atoms with Gasteiger partial charge in [-0.05, 0) is 45.1 Å². The molecule has 0 unspecified atom stereocenters. The second-order valence-corrected chi connectivity index (χ2v) is 11.8. The van der Waals surface area contributed by atoms with E-state index in [-0.39, 0.29) is 48.9 Å². The van der Waals surface area contributed by atoms with Crippen LogP contribution in [-0.2, 0) is 30.4 Å². The lowest BCUT2D eigenvalue weighted by molar-refractivity contribution is -0.140. The van der Waals surface area contributed by atoms with E-state index in [4.69, 9.17) is 5.73 Å². The van der Waals surface area contributed by atoms with Gasteiger partial charge in [0.2, 0.25) is 23.6 Å². The van der Waals surface area contributed by atoms with Crippen molar-refractivity contribution in [3.8, 4) is 0 Å². The molecule has 222 valence electrons. The van der Waals surface area contributed by atoms with Gasteiger partial charge in [0.05, 0.1) is 24.0 Å². The highest BCUT2D eigenvalue weighted by molar-refractivity contribution is 5.93. The molecule has 1 heterocycles. The number of likely N-dealkylation sites (tertiary alicyclic amines) is 1. The van der Waals surface area contributed by atoms with Crippen molar-refractivity contribution < 1.29 is 24.0 Å². The summed E-state index contributed by atoms with van der Waals surface area (Å²) in [6.07, 6.45) is 1.95. The highest BCUT2D eigenvalue weighted by atomic mass is 16.2. The molecule has 4 amide bonds. The summed E-state index contributed by atoms with van der Waals surface area (Å²) in [6, 6.07) is 7.90. The van der Waals surface area contributed by atoms with Crippen molar-refractivity contribution in [1.82, 2.24) is 20.9 Å². The van der Waals surface area contributed by atoms with Crippen LogP contribution in [0.1, 0.15) is 72.8 Å². The number of benzene rings is 1. The zero-order valence-corrected chi connectivity index (χ0v) is 24.8. The first-order chi connectivity index (χ1) is 18.7. The number of Topliss-reactive ketones (excluding diaryl/α,β-unsaturated/α-hetero) is 1. The van der Waals surface area contributed by atoms with Gasteiger partial charge in [-0.15, -0.1) is 0 Å². The van der Waals surface area contributed by atoms with Gasteiger partial charge in [0, 0.05) is 31.0 Å². The van der Waals surface area contributed by atoms with E-state index in [9.17, 15) is 24.0 Å². The Morgan fingerprint density at radius 2 is 1.70 bits per heavy atom. The molecule has 0 aliphatic carbocycles. The molecule has 2 rings (SSSR count). The van der Waals surface area contributed by atoms with E-state index >= 15 is 0 Å². The van der Waals surface area contributed by atoms with Crippen LogP contribution in [-0.4, -0.2) is 71.6 Å². The third-order valence-corrected chi connectivity index (χ3v) is 7.46. The minimum absolute atomic E-state index is 0.0195. The number of primary amides is 1. The van der Waals surface area contributed by atoms with Gasteiger partial charge in [-0.25, -0.2) is 0 Å². The summed E-state index contributed by atoms with van der Waals surface area (Å²) in [7, 11) is 0. The minimum atomic E-state index is -1.17. The molecule has 3 atom stereocenters. The summed E-state index contributed by atoms with van der Waals surface area (Å²) in [4.78, 5) is 65.6. The van der Waals surface area contributed by atoms with Crippen LogP contribution in [0.4, 0.5) is 0 Å². The molecule has 0 spiro atoms. The van der Waals surface area contributed by atoms with Crippen LogP contribution in [0.15, 0.2) is 30.3 Å². The van der Waals surface area contributed by atoms with E-state index in [0.29, 0.717) is 19.4 Å². The highest BCUT2D eigenvalue weighted by Gasteiger charge is 2.40. The first-order valence-corrected chi connectivity index (χ1v) is 14.2. The van der Waals surface area contributed by atoms with Gasteiger partial charge in [0.15, 0.2) is 5.78 Å². The standard InChI is InChI=1S/C30H47N5O5/c1-19(2)27(38)23-13-10-16-35(23)26(37)18-32-29(40)30(5,6)24(14-15-25(31)36)34-28(39)22(33-20(3)4)17-21-11-8-7-9-12-21/h7-9,11-12,19-20,22-24,33H,10,13-18H2,1-6H3,(H2,31,36)(H,32,40)(H,34,39)/t22-,23-,24+/m0/s1. The summed E-state index contributed by atoms with van der Waals surface area (Å²) in [6.45, 7) is 11.1. The topological polar surface area (TPSA) is 151 Å². The van der Waals surface area contributed by atoms with Crippen LogP contribution < -0.4 is 21.7 Å². The first kappa shape index (κ1) is 32.9. The molecule has 0 radical (unpaired) electrons. The highest BCUT2D eigenvalue weighted by Crippen LogP contribution is 2.26. The lowest BCUT2D eigenvalue weighted by Gasteiger charge is -2.35. The van der Waals surface area contributed by atoms with Crippen LogP contribution in [0.25, 0.3) is 0 Å². The van der Waals surface area contributed by atoms with Crippen LogP contribution in [0.5, 0.6) is 0 Å². The number of ketones is 1. The van der Waals surface area contributed by atoms with E-state index in [1.54, 1.807) is 18.7 Å². The molecule has 0 aromatic heterocycles. The average Bonchev–Trinajstić information content (AvgIpc) is 3.38. The maximum Gasteiger partial charge on any atom is 0.242 e. The minimum Gasteiger partial charge on any atom is -0.370 e. The molecule has 1 fully saturated rings. The van der Waals surface area contributed by atoms with E-state index in [2.05, 4.69) is 16.0 Å². The summed E-state index contributed by atoms with van der Waals surface area (Å²) >= 11 is 0. The van der Waals surface area contributed by atoms with E-state index in [0.717, 1.165) is 12.0 Å². The molecule has 10 nitrogen and oxygen atoms in total. The van der Waals surface area contributed by atoms with Gasteiger partial charge in [0.25, 0.3) is 0 Å². The molecular weight excluding hydrogens is 510 g/mol. The van der Waals surface area contributed by atoms with Gasteiger partial charge in [-0.1, -0.05) is 58.0 Å². The number of carbonyl (C=O) groups is 5. The number of amides is 4. The quantitative estimate of drug-likeness (QED) is 0.258. The number of rotatable bonds is 15. The Morgan fingerprint density at radius 1 is 1.05 bits per heavy atom. The predicted molar refractivity (Wildman–Crippen MR) is 154 cm³/mol. The van der Waals surface area contributed by atoms with E-state index in [1.807, 2.05) is 58.0 Å². The van der Waals surface area contributed by atoms with Crippen LogP contribution >= 0.6 is 0 Å². The van der Waals surface area contributed by atoms with Crippen molar-refractivity contribution in [3.63, 3.8) is 0 Å². The fraction of sp³-hybridized carbons (Fsp3) is 0.633. The number of nitrogens with one attached hydrogen (secondary N) is 3. The smallest absolute Gasteiger partial charge is 0.242 e. The lowest BCUT2D eigenvalue weighted by atomic mass is 9.80. The molecule has 1 saturated heterocycles. The Bertz CT molecular complexity index is 1040. The molecule has 1 aromatic rings. The van der Waals surface area contributed by atoms with E-state index in [1.165, 1.54) is 0 Å². The lowest BCUT2D eigenvalue weighted by Crippen LogP contribution is -2.58. The first-order valence-electron chi connectivity index (χ1n) is 14.2. The third kappa shape index (κ3) is 9.43. The summed E-state index contributed by atoms with van der Waals surface area (Å²) in [5.41, 5.74) is 5.22. The Kier molecular flexibility index (Phi) is 12.3. The van der Waals surface area contributed by atoms with Crippen molar-refractivity contribution in [2.75, 3.05) is 13.1 Å². The Balaban J connectivity index is 2.14. The zero-order valence-electron chi connectivity index (χ0n) is 24.8. The average molecular weight is 558 g/mol. The number of hydrogen-bond donors (Lipinski definition) is 4. The van der Waals surface area contributed by atoms with Crippen molar-refractivity contribution in [1.29, 1.82) is 0 Å². The molecule has 10 heteroatoms. The SMILES string of the molecule is CC(C)N[C@@H](Cc1ccccc1)C(=O)N[C@H](CCC(N)=O)C(C)(C)C(=O)NCC(=O)N1CCC[C@H]1C(=O)C(C)C. The Hall–Kier alpha value is -3.27. The molecule has 5 N–H and O–H groups in total. The molecule has 0 saturated carbocycles.